The summed E-state index contributed by atoms with van der Waals surface area (Å²) in [7, 11) is 0. The summed E-state index contributed by atoms with van der Waals surface area (Å²) in [5.41, 5.74) is 4.12. The molecule has 0 heterocycles. The zero-order chi connectivity index (χ0) is 21.0. The number of hydrogen-bond acceptors (Lipinski definition) is 4. The number of carboxylic acids is 1. The highest BCUT2D eigenvalue weighted by molar-refractivity contribution is 5.79. The first kappa shape index (κ1) is 20.9. The van der Waals surface area contributed by atoms with Gasteiger partial charge in [0.05, 0.1) is 24.7 Å². The van der Waals surface area contributed by atoms with Gasteiger partial charge in [0.15, 0.2) is 0 Å². The Hall–Kier alpha value is -2.86. The molecule has 2 aromatic carbocycles. The van der Waals surface area contributed by atoms with Crippen molar-refractivity contribution in [2.45, 2.75) is 44.8 Å². The number of amides is 1. The fraction of sp³-hybridized carbons (Fsp3) is 0.391. The van der Waals surface area contributed by atoms with E-state index in [0.717, 1.165) is 22.3 Å². The second-order valence-electron chi connectivity index (χ2n) is 8.19. The number of carbonyl (C=O) groups is 2. The molecule has 0 spiro atoms. The van der Waals surface area contributed by atoms with Crippen LogP contribution in [0.1, 0.15) is 44.2 Å². The van der Waals surface area contributed by atoms with Crippen LogP contribution in [0.2, 0.25) is 0 Å². The molecule has 6 heteroatoms. The van der Waals surface area contributed by atoms with Crippen LogP contribution in [0.3, 0.4) is 0 Å². The van der Waals surface area contributed by atoms with Gasteiger partial charge in [-0.1, -0.05) is 48.5 Å². The van der Waals surface area contributed by atoms with E-state index < -0.39 is 23.7 Å². The summed E-state index contributed by atoms with van der Waals surface area (Å²) in [5.74, 6) is -1.05. The van der Waals surface area contributed by atoms with E-state index in [-0.39, 0.29) is 25.6 Å². The molecule has 0 unspecified atom stereocenters. The van der Waals surface area contributed by atoms with Gasteiger partial charge in [-0.3, -0.25) is 4.79 Å². The number of alkyl carbamates (subject to hydrolysis) is 1. The first-order valence-electron chi connectivity index (χ1n) is 9.72. The SMILES string of the molecule is CC(C)(C)OC[C@@H](CC(=O)O)NC(=O)OCC1c2ccccc2-c2ccccc21. The van der Waals surface area contributed by atoms with Gasteiger partial charge in [0.1, 0.15) is 6.61 Å². The van der Waals surface area contributed by atoms with Gasteiger partial charge in [-0.2, -0.15) is 0 Å². The highest BCUT2D eigenvalue weighted by Crippen LogP contribution is 2.44. The highest BCUT2D eigenvalue weighted by atomic mass is 16.5. The molecule has 0 radical (unpaired) electrons. The standard InChI is InChI=1S/C23H27NO5/c1-23(2,3)29-13-15(12-21(25)26)24-22(27)28-14-20-18-10-6-4-8-16(18)17-9-5-7-11-19(17)20/h4-11,15,20H,12-14H2,1-3H3,(H,24,27)(H,25,26)/t15-/m1/s1. The van der Waals surface area contributed by atoms with Crippen molar-refractivity contribution in [2.75, 3.05) is 13.2 Å². The van der Waals surface area contributed by atoms with Gasteiger partial charge in [0, 0.05) is 5.92 Å². The summed E-state index contributed by atoms with van der Waals surface area (Å²) < 4.78 is 11.1. The van der Waals surface area contributed by atoms with E-state index in [1.807, 2.05) is 57.2 Å². The second kappa shape index (κ2) is 8.66. The molecule has 1 aliphatic carbocycles. The van der Waals surface area contributed by atoms with Gasteiger partial charge < -0.3 is 19.9 Å². The van der Waals surface area contributed by atoms with Gasteiger partial charge in [-0.25, -0.2) is 4.79 Å². The lowest BCUT2D eigenvalue weighted by Gasteiger charge is -2.24. The zero-order valence-electron chi connectivity index (χ0n) is 17.0. The number of rotatable bonds is 7. The molecule has 1 amide bonds. The van der Waals surface area contributed by atoms with E-state index in [4.69, 9.17) is 14.6 Å². The molecule has 2 aromatic rings. The normalized spacial score (nSPS) is 14.0. The molecular weight excluding hydrogens is 370 g/mol. The molecule has 0 saturated heterocycles. The summed E-state index contributed by atoms with van der Waals surface area (Å²) in [4.78, 5) is 23.5. The van der Waals surface area contributed by atoms with Crippen LogP contribution in [-0.4, -0.2) is 42.0 Å². The van der Waals surface area contributed by atoms with Crippen LogP contribution in [-0.2, 0) is 14.3 Å². The highest BCUT2D eigenvalue weighted by Gasteiger charge is 2.29. The Morgan fingerprint density at radius 2 is 1.59 bits per heavy atom. The van der Waals surface area contributed by atoms with E-state index in [2.05, 4.69) is 17.4 Å². The first-order chi connectivity index (χ1) is 13.7. The van der Waals surface area contributed by atoms with Gasteiger partial charge >= 0.3 is 12.1 Å². The molecule has 0 fully saturated rings. The number of benzene rings is 2. The molecule has 0 bridgehead atoms. The van der Waals surface area contributed by atoms with Crippen LogP contribution >= 0.6 is 0 Å². The van der Waals surface area contributed by atoms with Crippen LogP contribution in [0, 0.1) is 0 Å². The number of carbonyl (C=O) groups excluding carboxylic acids is 1. The van der Waals surface area contributed by atoms with Crippen molar-refractivity contribution in [3.05, 3.63) is 59.7 Å². The number of fused-ring (bicyclic) bond motifs is 3. The molecule has 1 atom stereocenters. The number of carboxylic acid groups (broad SMARTS) is 1. The quantitative estimate of drug-likeness (QED) is 0.732. The van der Waals surface area contributed by atoms with Gasteiger partial charge in [-0.15, -0.1) is 0 Å². The summed E-state index contributed by atoms with van der Waals surface area (Å²) >= 11 is 0. The molecular formula is C23H27NO5. The zero-order valence-corrected chi connectivity index (χ0v) is 17.0. The predicted octanol–water partition coefficient (Wildman–Crippen LogP) is 4.18. The Morgan fingerprint density at radius 1 is 1.03 bits per heavy atom. The molecule has 1 aliphatic rings. The topological polar surface area (TPSA) is 84.9 Å². The maximum absolute atomic E-state index is 12.4. The Morgan fingerprint density at radius 3 is 2.10 bits per heavy atom. The molecule has 154 valence electrons. The van der Waals surface area contributed by atoms with Crippen molar-refractivity contribution in [3.8, 4) is 11.1 Å². The summed E-state index contributed by atoms with van der Waals surface area (Å²) in [6.45, 7) is 5.90. The largest absolute Gasteiger partial charge is 0.481 e. The second-order valence-corrected chi connectivity index (χ2v) is 8.19. The minimum absolute atomic E-state index is 0.0445. The Labute approximate surface area is 170 Å². The lowest BCUT2D eigenvalue weighted by atomic mass is 9.98. The van der Waals surface area contributed by atoms with Crippen molar-refractivity contribution < 1.29 is 24.2 Å². The molecule has 0 aliphatic heterocycles. The van der Waals surface area contributed by atoms with E-state index >= 15 is 0 Å². The van der Waals surface area contributed by atoms with E-state index in [1.165, 1.54) is 0 Å². The van der Waals surface area contributed by atoms with Crippen molar-refractivity contribution in [2.24, 2.45) is 0 Å². The van der Waals surface area contributed by atoms with E-state index in [0.29, 0.717) is 0 Å². The maximum atomic E-state index is 12.4. The van der Waals surface area contributed by atoms with Crippen LogP contribution in [0.4, 0.5) is 4.79 Å². The van der Waals surface area contributed by atoms with E-state index in [1.54, 1.807) is 0 Å². The van der Waals surface area contributed by atoms with Gasteiger partial charge in [0.25, 0.3) is 0 Å². The minimum Gasteiger partial charge on any atom is -0.481 e. The third-order valence-corrected chi connectivity index (χ3v) is 4.80. The average molecular weight is 397 g/mol. The van der Waals surface area contributed by atoms with Crippen LogP contribution in [0.15, 0.2) is 48.5 Å². The molecule has 6 nitrogen and oxygen atoms in total. The summed E-state index contributed by atoms with van der Waals surface area (Å²) in [6.07, 6.45) is -0.879. The van der Waals surface area contributed by atoms with Gasteiger partial charge in [0.2, 0.25) is 0 Å². The summed E-state index contributed by atoms with van der Waals surface area (Å²) in [6, 6.07) is 15.5. The van der Waals surface area contributed by atoms with Crippen molar-refractivity contribution >= 4 is 12.1 Å². The number of hydrogen-bond donors (Lipinski definition) is 2. The fourth-order valence-corrected chi connectivity index (χ4v) is 3.52. The number of ether oxygens (including phenoxy) is 2. The monoisotopic (exact) mass is 397 g/mol. The Balaban J connectivity index is 1.64. The Bertz CT molecular complexity index is 841. The third kappa shape index (κ3) is 5.35. The lowest BCUT2D eigenvalue weighted by molar-refractivity contribution is -0.138. The van der Waals surface area contributed by atoms with Crippen LogP contribution in [0.5, 0.6) is 0 Å². The average Bonchev–Trinajstić information content (AvgIpc) is 2.97. The smallest absolute Gasteiger partial charge is 0.407 e. The fourth-order valence-electron chi connectivity index (χ4n) is 3.52. The van der Waals surface area contributed by atoms with Crippen molar-refractivity contribution in [1.29, 1.82) is 0 Å². The van der Waals surface area contributed by atoms with Crippen molar-refractivity contribution in [3.63, 3.8) is 0 Å². The van der Waals surface area contributed by atoms with E-state index in [9.17, 15) is 9.59 Å². The molecule has 29 heavy (non-hydrogen) atoms. The number of aliphatic carboxylic acids is 1. The molecule has 0 aromatic heterocycles. The van der Waals surface area contributed by atoms with Crippen LogP contribution in [0.25, 0.3) is 11.1 Å². The molecule has 2 N–H and O–H groups in total. The van der Waals surface area contributed by atoms with Crippen LogP contribution < -0.4 is 5.32 Å². The first-order valence-corrected chi connectivity index (χ1v) is 9.72. The predicted molar refractivity (Wildman–Crippen MR) is 110 cm³/mol. The Kier molecular flexibility index (Phi) is 6.23. The number of nitrogens with one attached hydrogen (secondary N) is 1. The third-order valence-electron chi connectivity index (χ3n) is 4.80. The molecule has 3 rings (SSSR count). The molecule has 0 saturated carbocycles. The van der Waals surface area contributed by atoms with Crippen molar-refractivity contribution in [1.82, 2.24) is 5.32 Å². The minimum atomic E-state index is -1.01. The van der Waals surface area contributed by atoms with Gasteiger partial charge in [-0.05, 0) is 43.0 Å². The lowest BCUT2D eigenvalue weighted by Crippen LogP contribution is -2.42. The maximum Gasteiger partial charge on any atom is 0.407 e. The summed E-state index contributed by atoms with van der Waals surface area (Å²) in [5, 5.41) is 11.7.